The van der Waals surface area contributed by atoms with Crippen molar-refractivity contribution < 1.29 is 9.59 Å². The number of carbonyl (C=O) groups is 2. The van der Waals surface area contributed by atoms with E-state index >= 15 is 0 Å². The van der Waals surface area contributed by atoms with Crippen molar-refractivity contribution in [2.45, 2.75) is 19.4 Å². The summed E-state index contributed by atoms with van der Waals surface area (Å²) in [5, 5.41) is 4.14. The van der Waals surface area contributed by atoms with E-state index in [0.29, 0.717) is 38.0 Å². The maximum Gasteiger partial charge on any atom is 0.253 e. The number of halogens is 1. The Bertz CT molecular complexity index is 779. The maximum atomic E-state index is 12.7. The Hall–Kier alpha value is -2.15. The Balaban J connectivity index is 1.53. The van der Waals surface area contributed by atoms with E-state index in [9.17, 15) is 9.59 Å². The van der Waals surface area contributed by atoms with Crippen molar-refractivity contribution in [3.05, 3.63) is 52.3 Å². The second-order valence-electron chi connectivity index (χ2n) is 6.79. The van der Waals surface area contributed by atoms with E-state index in [1.807, 2.05) is 49.5 Å². The van der Waals surface area contributed by atoms with Crippen LogP contribution in [0.15, 0.2) is 41.1 Å². The Morgan fingerprint density at radius 1 is 1.23 bits per heavy atom. The molecule has 1 aromatic carbocycles. The number of amides is 2. The summed E-state index contributed by atoms with van der Waals surface area (Å²) in [6, 6.07) is 7.39. The van der Waals surface area contributed by atoms with Crippen LogP contribution in [-0.2, 0) is 18.4 Å². The van der Waals surface area contributed by atoms with Crippen molar-refractivity contribution in [2.24, 2.45) is 13.0 Å². The van der Waals surface area contributed by atoms with Gasteiger partial charge in [-0.25, -0.2) is 0 Å². The molecule has 3 rings (SSSR count). The number of hydrogen-bond donors (Lipinski definition) is 0. The number of nitrogens with zero attached hydrogens (tertiary/aromatic N) is 4. The molecule has 2 heterocycles. The lowest BCUT2D eigenvalue weighted by molar-refractivity contribution is -0.136. The summed E-state index contributed by atoms with van der Waals surface area (Å²) in [6.07, 6.45) is 5.11. The first-order valence-corrected chi connectivity index (χ1v) is 9.50. The van der Waals surface area contributed by atoms with E-state index < -0.39 is 0 Å². The van der Waals surface area contributed by atoms with Crippen LogP contribution in [0, 0.1) is 5.92 Å². The fraction of sp³-hybridized carbons (Fsp3) is 0.421. The third kappa shape index (κ3) is 4.33. The predicted molar refractivity (Wildman–Crippen MR) is 102 cm³/mol. The zero-order chi connectivity index (χ0) is 18.7. The summed E-state index contributed by atoms with van der Waals surface area (Å²) in [5.41, 5.74) is 1.71. The molecule has 26 heavy (non-hydrogen) atoms. The van der Waals surface area contributed by atoms with Gasteiger partial charge in [-0.2, -0.15) is 5.10 Å². The van der Waals surface area contributed by atoms with Crippen LogP contribution in [0.5, 0.6) is 0 Å². The number of benzene rings is 1. The van der Waals surface area contributed by atoms with Crippen LogP contribution in [-0.4, -0.2) is 51.5 Å². The van der Waals surface area contributed by atoms with Gasteiger partial charge in [-0.1, -0.05) is 15.9 Å². The Labute approximate surface area is 161 Å². The summed E-state index contributed by atoms with van der Waals surface area (Å²) in [6.45, 7) is 1.79. The molecule has 0 unspecified atom stereocenters. The molecule has 0 radical (unpaired) electrons. The zero-order valence-electron chi connectivity index (χ0n) is 15.1. The molecule has 1 aliphatic rings. The zero-order valence-corrected chi connectivity index (χ0v) is 16.6. The molecular weight excluding hydrogens is 396 g/mol. The first-order valence-electron chi connectivity index (χ1n) is 8.71. The molecule has 0 aliphatic carbocycles. The third-order valence-electron chi connectivity index (χ3n) is 4.78. The van der Waals surface area contributed by atoms with Crippen molar-refractivity contribution >= 4 is 27.7 Å². The summed E-state index contributed by atoms with van der Waals surface area (Å²) in [7, 11) is 3.69. The van der Waals surface area contributed by atoms with Crippen LogP contribution < -0.4 is 0 Å². The normalized spacial score (nSPS) is 15.1. The highest BCUT2D eigenvalue weighted by molar-refractivity contribution is 9.10. The molecular formula is C19H23BrN4O2. The fourth-order valence-corrected chi connectivity index (χ4v) is 3.59. The minimum Gasteiger partial charge on any atom is -0.341 e. The van der Waals surface area contributed by atoms with Gasteiger partial charge in [0, 0.05) is 61.4 Å². The lowest BCUT2D eigenvalue weighted by Crippen LogP contribution is -2.43. The van der Waals surface area contributed by atoms with E-state index in [1.54, 1.807) is 15.8 Å². The van der Waals surface area contributed by atoms with Crippen LogP contribution in [0.2, 0.25) is 0 Å². The number of piperidine rings is 1. The first-order chi connectivity index (χ1) is 12.4. The van der Waals surface area contributed by atoms with Gasteiger partial charge in [-0.15, -0.1) is 0 Å². The molecule has 6 nitrogen and oxygen atoms in total. The molecule has 1 aliphatic heterocycles. The maximum absolute atomic E-state index is 12.7. The Kier molecular flexibility index (Phi) is 5.76. The second-order valence-corrected chi connectivity index (χ2v) is 7.71. The molecule has 0 atom stereocenters. The van der Waals surface area contributed by atoms with Gasteiger partial charge >= 0.3 is 0 Å². The summed E-state index contributed by atoms with van der Waals surface area (Å²) in [4.78, 5) is 28.9. The number of carbonyl (C=O) groups excluding carboxylic acids is 2. The van der Waals surface area contributed by atoms with Crippen LogP contribution in [0.3, 0.4) is 0 Å². The van der Waals surface area contributed by atoms with Gasteiger partial charge in [-0.05, 0) is 37.1 Å². The van der Waals surface area contributed by atoms with Crippen molar-refractivity contribution in [3.63, 3.8) is 0 Å². The second kappa shape index (κ2) is 8.03. The highest BCUT2D eigenvalue weighted by Crippen LogP contribution is 2.22. The van der Waals surface area contributed by atoms with Gasteiger partial charge in [0.2, 0.25) is 5.91 Å². The Morgan fingerprint density at radius 2 is 1.88 bits per heavy atom. The molecule has 0 bridgehead atoms. The molecule has 0 N–H and O–H groups in total. The smallest absolute Gasteiger partial charge is 0.253 e. The van der Waals surface area contributed by atoms with Crippen molar-refractivity contribution in [3.8, 4) is 0 Å². The van der Waals surface area contributed by atoms with Gasteiger partial charge in [0.05, 0.1) is 6.20 Å². The molecule has 0 spiro atoms. The van der Waals surface area contributed by atoms with Crippen LogP contribution in [0.1, 0.15) is 28.8 Å². The lowest BCUT2D eigenvalue weighted by Gasteiger charge is -2.33. The third-order valence-corrected chi connectivity index (χ3v) is 5.31. The topological polar surface area (TPSA) is 58.4 Å². The average molecular weight is 419 g/mol. The molecule has 0 saturated carbocycles. The van der Waals surface area contributed by atoms with Crippen LogP contribution in [0.4, 0.5) is 0 Å². The summed E-state index contributed by atoms with van der Waals surface area (Å²) in [5.74, 6) is 0.155. The van der Waals surface area contributed by atoms with Crippen LogP contribution >= 0.6 is 15.9 Å². The molecule has 7 heteroatoms. The van der Waals surface area contributed by atoms with Crippen LogP contribution in [0.25, 0.3) is 0 Å². The van der Waals surface area contributed by atoms with Gasteiger partial charge in [0.15, 0.2) is 0 Å². The van der Waals surface area contributed by atoms with Gasteiger partial charge in [-0.3, -0.25) is 14.3 Å². The quantitative estimate of drug-likeness (QED) is 0.766. The summed E-state index contributed by atoms with van der Waals surface area (Å²) >= 11 is 3.38. The minimum atomic E-state index is -0.0226. The van der Waals surface area contributed by atoms with Gasteiger partial charge in [0.1, 0.15) is 0 Å². The monoisotopic (exact) mass is 418 g/mol. The number of aryl methyl sites for hydroxylation is 1. The first kappa shape index (κ1) is 18.6. The molecule has 138 valence electrons. The van der Waals surface area contributed by atoms with E-state index in [-0.39, 0.29) is 17.7 Å². The molecule has 1 aromatic heterocycles. The van der Waals surface area contributed by atoms with E-state index in [2.05, 4.69) is 21.0 Å². The molecule has 2 amide bonds. The minimum absolute atomic E-state index is 0.0226. The number of hydrogen-bond acceptors (Lipinski definition) is 3. The summed E-state index contributed by atoms with van der Waals surface area (Å²) < 4.78 is 2.69. The number of likely N-dealkylation sites (tertiary alicyclic amines) is 1. The van der Waals surface area contributed by atoms with E-state index in [0.717, 1.165) is 10.0 Å². The number of aromatic nitrogens is 2. The fourth-order valence-electron chi connectivity index (χ4n) is 3.32. The lowest BCUT2D eigenvalue weighted by atomic mass is 9.94. The Morgan fingerprint density at radius 3 is 2.46 bits per heavy atom. The highest BCUT2D eigenvalue weighted by atomic mass is 79.9. The molecule has 1 fully saturated rings. The predicted octanol–water partition coefficient (Wildman–Crippen LogP) is 2.69. The standard InChI is InChI=1S/C19H23BrN4O2/c1-22(12-14-11-21-23(2)13-14)18(25)16-7-9-24(10-8-16)19(26)15-3-5-17(20)6-4-15/h3-6,11,13,16H,7-10,12H2,1-2H3. The van der Waals surface area contributed by atoms with E-state index in [1.165, 1.54) is 0 Å². The largest absolute Gasteiger partial charge is 0.341 e. The SMILES string of the molecule is CN(Cc1cnn(C)c1)C(=O)C1CCN(C(=O)c2ccc(Br)cc2)CC1. The van der Waals surface area contributed by atoms with Gasteiger partial charge in [0.25, 0.3) is 5.91 Å². The molecule has 2 aromatic rings. The van der Waals surface area contributed by atoms with E-state index in [4.69, 9.17) is 0 Å². The molecule has 1 saturated heterocycles. The highest BCUT2D eigenvalue weighted by Gasteiger charge is 2.29. The van der Waals surface area contributed by atoms with Crippen molar-refractivity contribution in [1.29, 1.82) is 0 Å². The van der Waals surface area contributed by atoms with Crippen molar-refractivity contribution in [2.75, 3.05) is 20.1 Å². The van der Waals surface area contributed by atoms with Gasteiger partial charge < -0.3 is 9.80 Å². The number of rotatable bonds is 4. The van der Waals surface area contributed by atoms with Crippen molar-refractivity contribution in [1.82, 2.24) is 19.6 Å². The average Bonchev–Trinajstić information content (AvgIpc) is 3.06.